The molecule has 2 N–H and O–H groups in total. The molecule has 0 aliphatic carbocycles. The number of amides is 2. The zero-order chi connectivity index (χ0) is 20.8. The molecule has 0 saturated carbocycles. The lowest BCUT2D eigenvalue weighted by molar-refractivity contribution is -0.139. The Morgan fingerprint density at radius 2 is 1.83 bits per heavy atom. The number of esters is 1. The van der Waals surface area contributed by atoms with Gasteiger partial charge in [0, 0.05) is 35.5 Å². The van der Waals surface area contributed by atoms with Crippen molar-refractivity contribution in [1.82, 2.24) is 5.32 Å². The molecule has 2 aromatic rings. The van der Waals surface area contributed by atoms with Gasteiger partial charge in [-0.3, -0.25) is 19.4 Å². The van der Waals surface area contributed by atoms with Gasteiger partial charge >= 0.3 is 5.97 Å². The first kappa shape index (κ1) is 20.1. The predicted molar refractivity (Wildman–Crippen MR) is 110 cm³/mol. The summed E-state index contributed by atoms with van der Waals surface area (Å²) in [6.07, 6.45) is 0.936. The van der Waals surface area contributed by atoms with Crippen molar-refractivity contribution in [3.8, 4) is 0 Å². The molecule has 8 heteroatoms. The lowest BCUT2D eigenvalue weighted by atomic mass is 10.1. The normalized spacial score (nSPS) is 12.9. The second kappa shape index (κ2) is 9.01. The summed E-state index contributed by atoms with van der Waals surface area (Å²) in [6, 6.07) is 13.7. The largest absolute Gasteiger partial charge is 0.468 e. The predicted octanol–water partition coefficient (Wildman–Crippen LogP) is 2.43. The van der Waals surface area contributed by atoms with Crippen LogP contribution in [0.15, 0.2) is 53.6 Å². The van der Waals surface area contributed by atoms with Gasteiger partial charge in [-0.1, -0.05) is 6.07 Å². The van der Waals surface area contributed by atoms with Crippen LogP contribution in [0, 0.1) is 0 Å². The molecule has 0 fully saturated rings. The van der Waals surface area contributed by atoms with Gasteiger partial charge in [-0.2, -0.15) is 5.10 Å². The molecule has 1 aliphatic heterocycles. The molecule has 150 valence electrons. The highest BCUT2D eigenvalue weighted by Gasteiger charge is 2.14. The Bertz CT molecular complexity index is 953. The van der Waals surface area contributed by atoms with E-state index in [-0.39, 0.29) is 12.5 Å². The second-order valence-electron chi connectivity index (χ2n) is 6.55. The topological polar surface area (TPSA) is 100 Å². The molecule has 0 aromatic heterocycles. The monoisotopic (exact) mass is 394 g/mol. The van der Waals surface area contributed by atoms with E-state index in [4.69, 9.17) is 0 Å². The van der Waals surface area contributed by atoms with Crippen LogP contribution in [0.4, 0.5) is 11.4 Å². The van der Waals surface area contributed by atoms with E-state index in [1.54, 1.807) is 36.4 Å². The van der Waals surface area contributed by atoms with Gasteiger partial charge < -0.3 is 15.4 Å². The van der Waals surface area contributed by atoms with E-state index in [0.717, 1.165) is 24.4 Å². The van der Waals surface area contributed by atoms with Crippen molar-refractivity contribution in [3.05, 3.63) is 59.7 Å². The molecule has 0 atom stereocenters. The Morgan fingerprint density at radius 3 is 2.48 bits per heavy atom. The first-order chi connectivity index (χ1) is 14.0. The van der Waals surface area contributed by atoms with Crippen LogP contribution in [0.1, 0.15) is 34.1 Å². The third-order valence-corrected chi connectivity index (χ3v) is 4.41. The number of anilines is 2. The van der Waals surface area contributed by atoms with Gasteiger partial charge in [-0.05, 0) is 49.4 Å². The van der Waals surface area contributed by atoms with E-state index in [1.165, 1.54) is 7.11 Å². The fourth-order valence-corrected chi connectivity index (χ4v) is 2.81. The summed E-state index contributed by atoms with van der Waals surface area (Å²) >= 11 is 0. The summed E-state index contributed by atoms with van der Waals surface area (Å²) in [4.78, 5) is 35.8. The molecular formula is C21H22N4O4. The minimum Gasteiger partial charge on any atom is -0.468 e. The van der Waals surface area contributed by atoms with Crippen LogP contribution in [0.25, 0.3) is 0 Å². The maximum absolute atomic E-state index is 12.5. The number of hydrazone groups is 1. The average molecular weight is 394 g/mol. The van der Waals surface area contributed by atoms with Gasteiger partial charge in [0.05, 0.1) is 12.8 Å². The summed E-state index contributed by atoms with van der Waals surface area (Å²) in [5.41, 5.74) is 3.31. The number of nitrogens with zero attached hydrogens (tertiary/aromatic N) is 2. The fourth-order valence-electron chi connectivity index (χ4n) is 2.81. The van der Waals surface area contributed by atoms with Crippen molar-refractivity contribution in [2.45, 2.75) is 13.3 Å². The van der Waals surface area contributed by atoms with E-state index in [1.807, 2.05) is 24.1 Å². The molecule has 0 spiro atoms. The highest BCUT2D eigenvalue weighted by Crippen LogP contribution is 2.20. The molecule has 0 bridgehead atoms. The van der Waals surface area contributed by atoms with E-state index < -0.39 is 11.9 Å². The van der Waals surface area contributed by atoms with Crippen LogP contribution in [-0.4, -0.2) is 43.7 Å². The third-order valence-electron chi connectivity index (χ3n) is 4.41. The summed E-state index contributed by atoms with van der Waals surface area (Å²) < 4.78 is 4.49. The number of nitrogens with one attached hydrogen (secondary N) is 2. The molecule has 8 nitrogen and oxygen atoms in total. The zero-order valence-electron chi connectivity index (χ0n) is 16.3. The molecule has 0 saturated heterocycles. The van der Waals surface area contributed by atoms with Gasteiger partial charge in [0.2, 0.25) is 0 Å². The molecule has 2 amide bonds. The van der Waals surface area contributed by atoms with E-state index in [2.05, 4.69) is 20.5 Å². The molecule has 2 aromatic carbocycles. The van der Waals surface area contributed by atoms with Gasteiger partial charge in [0.25, 0.3) is 11.8 Å². The number of ether oxygens (including phenoxy) is 1. The van der Waals surface area contributed by atoms with Crippen molar-refractivity contribution in [2.75, 3.05) is 30.5 Å². The van der Waals surface area contributed by atoms with Gasteiger partial charge in [0.1, 0.15) is 6.54 Å². The van der Waals surface area contributed by atoms with Crippen molar-refractivity contribution in [1.29, 1.82) is 0 Å². The lowest BCUT2D eigenvalue weighted by Crippen LogP contribution is -2.30. The number of hydrogen-bond acceptors (Lipinski definition) is 6. The number of rotatable bonds is 6. The standard InChI is InChI=1S/C21H22N4O4/c1-14-10-11-25(24-14)18-8-6-15(7-9-18)21(28)23-17-5-3-4-16(12-17)20(27)22-13-19(26)29-2/h3-9,12H,10-11,13H2,1-2H3,(H,22,27)(H,23,28). The van der Waals surface area contributed by atoms with Gasteiger partial charge in [0.15, 0.2) is 0 Å². The summed E-state index contributed by atoms with van der Waals surface area (Å²) in [7, 11) is 1.25. The third kappa shape index (κ3) is 5.19. The number of benzene rings is 2. The quantitative estimate of drug-likeness (QED) is 0.733. The SMILES string of the molecule is COC(=O)CNC(=O)c1cccc(NC(=O)c2ccc(N3CCC(C)=N3)cc2)c1. The van der Waals surface area contributed by atoms with Crippen molar-refractivity contribution in [2.24, 2.45) is 5.10 Å². The Hall–Kier alpha value is -3.68. The lowest BCUT2D eigenvalue weighted by Gasteiger charge is -2.14. The summed E-state index contributed by atoms with van der Waals surface area (Å²) in [6.45, 7) is 2.60. The highest BCUT2D eigenvalue weighted by molar-refractivity contribution is 6.05. The van der Waals surface area contributed by atoms with Crippen LogP contribution in [0.2, 0.25) is 0 Å². The molecule has 1 heterocycles. The van der Waals surface area contributed by atoms with Crippen LogP contribution in [0.3, 0.4) is 0 Å². The number of carbonyl (C=O) groups is 3. The van der Waals surface area contributed by atoms with Crippen LogP contribution >= 0.6 is 0 Å². The minimum absolute atomic E-state index is 0.223. The van der Waals surface area contributed by atoms with Crippen LogP contribution in [-0.2, 0) is 9.53 Å². The van der Waals surface area contributed by atoms with Crippen LogP contribution < -0.4 is 15.6 Å². The first-order valence-electron chi connectivity index (χ1n) is 9.14. The van der Waals surface area contributed by atoms with E-state index in [9.17, 15) is 14.4 Å². The first-order valence-corrected chi connectivity index (χ1v) is 9.14. The fraction of sp³-hybridized carbons (Fsp3) is 0.238. The maximum Gasteiger partial charge on any atom is 0.325 e. The van der Waals surface area contributed by atoms with Crippen molar-refractivity contribution in [3.63, 3.8) is 0 Å². The second-order valence-corrected chi connectivity index (χ2v) is 6.55. The number of hydrogen-bond donors (Lipinski definition) is 2. The van der Waals surface area contributed by atoms with E-state index >= 15 is 0 Å². The highest BCUT2D eigenvalue weighted by atomic mass is 16.5. The summed E-state index contributed by atoms with van der Waals surface area (Å²) in [5, 5.41) is 11.6. The van der Waals surface area contributed by atoms with Crippen LogP contribution in [0.5, 0.6) is 0 Å². The molecule has 0 unspecified atom stereocenters. The van der Waals surface area contributed by atoms with Crippen molar-refractivity contribution < 1.29 is 19.1 Å². The zero-order valence-corrected chi connectivity index (χ0v) is 16.3. The van der Waals surface area contributed by atoms with E-state index in [0.29, 0.717) is 16.8 Å². The Balaban J connectivity index is 1.63. The smallest absolute Gasteiger partial charge is 0.325 e. The summed E-state index contributed by atoms with van der Waals surface area (Å²) in [5.74, 6) is -1.26. The Morgan fingerprint density at radius 1 is 1.07 bits per heavy atom. The molecular weight excluding hydrogens is 372 g/mol. The number of methoxy groups -OCH3 is 1. The molecule has 29 heavy (non-hydrogen) atoms. The molecule has 1 aliphatic rings. The Labute approximate surface area is 168 Å². The molecule has 0 radical (unpaired) electrons. The average Bonchev–Trinajstić information content (AvgIpc) is 3.18. The van der Waals surface area contributed by atoms with Crippen molar-refractivity contribution >= 4 is 34.9 Å². The Kier molecular flexibility index (Phi) is 6.23. The van der Waals surface area contributed by atoms with Gasteiger partial charge in [-0.25, -0.2) is 0 Å². The minimum atomic E-state index is -0.541. The maximum atomic E-state index is 12.5. The molecule has 3 rings (SSSR count). The van der Waals surface area contributed by atoms with Gasteiger partial charge in [-0.15, -0.1) is 0 Å². The number of carbonyl (C=O) groups excluding carboxylic acids is 3.